The number of hydrogen-bond acceptors (Lipinski definition) is 6. The van der Waals surface area contributed by atoms with Gasteiger partial charge in [-0.05, 0) is 30.9 Å². The molecular formula is C20H25N3O5S. The number of carbonyl (C=O) groups excluding carboxylic acids is 1. The van der Waals surface area contributed by atoms with Gasteiger partial charge in [0.1, 0.15) is 12.4 Å². The summed E-state index contributed by atoms with van der Waals surface area (Å²) in [4.78, 5) is 13.6. The van der Waals surface area contributed by atoms with Crippen LogP contribution in [0.15, 0.2) is 33.7 Å². The molecule has 2 aliphatic heterocycles. The second-order valence-corrected chi connectivity index (χ2v) is 9.62. The highest BCUT2D eigenvalue weighted by Gasteiger charge is 2.39. The van der Waals surface area contributed by atoms with Crippen molar-refractivity contribution in [1.82, 2.24) is 9.46 Å². The first-order chi connectivity index (χ1) is 13.8. The van der Waals surface area contributed by atoms with E-state index in [1.54, 1.807) is 11.0 Å². The van der Waals surface area contributed by atoms with Gasteiger partial charge in [0.2, 0.25) is 15.9 Å². The molecule has 1 aromatic heterocycles. The summed E-state index contributed by atoms with van der Waals surface area (Å²) in [5, 5.41) is 4.08. The molecule has 0 aliphatic carbocycles. The summed E-state index contributed by atoms with van der Waals surface area (Å²) in [7, 11) is -3.76. The zero-order valence-electron chi connectivity index (χ0n) is 16.8. The van der Waals surface area contributed by atoms with Crippen molar-refractivity contribution in [3.05, 3.63) is 35.7 Å². The summed E-state index contributed by atoms with van der Waals surface area (Å²) in [6.07, 6.45) is 1.44. The number of nitrogens with zero attached hydrogens (tertiary/aromatic N) is 3. The topological polar surface area (TPSA) is 93.0 Å². The van der Waals surface area contributed by atoms with E-state index in [1.807, 2.05) is 19.9 Å². The number of rotatable bonds is 4. The highest BCUT2D eigenvalue weighted by atomic mass is 32.2. The fourth-order valence-corrected chi connectivity index (χ4v) is 5.55. The summed E-state index contributed by atoms with van der Waals surface area (Å²) in [5.74, 6) is 1.09. The monoisotopic (exact) mass is 419 g/mol. The highest BCUT2D eigenvalue weighted by molar-refractivity contribution is 7.89. The largest absolute Gasteiger partial charge is 0.489 e. The lowest BCUT2D eigenvalue weighted by molar-refractivity contribution is -0.116. The Hall–Kier alpha value is -2.39. The number of sulfonamides is 1. The lowest BCUT2D eigenvalue weighted by Crippen LogP contribution is -2.36. The van der Waals surface area contributed by atoms with Gasteiger partial charge in [0, 0.05) is 25.6 Å². The molecule has 1 amide bonds. The third kappa shape index (κ3) is 3.53. The van der Waals surface area contributed by atoms with Crippen LogP contribution in [0.25, 0.3) is 0 Å². The van der Waals surface area contributed by atoms with Crippen molar-refractivity contribution in [1.29, 1.82) is 0 Å². The van der Waals surface area contributed by atoms with Crippen LogP contribution in [-0.4, -0.2) is 43.5 Å². The quantitative estimate of drug-likeness (QED) is 0.756. The first-order valence-electron chi connectivity index (χ1n) is 9.82. The van der Waals surface area contributed by atoms with E-state index in [0.717, 1.165) is 12.1 Å². The molecule has 2 aliphatic rings. The molecule has 8 nitrogen and oxygen atoms in total. The van der Waals surface area contributed by atoms with Crippen molar-refractivity contribution in [2.24, 2.45) is 0 Å². The molecule has 0 saturated carbocycles. The Balaban J connectivity index is 1.66. The molecule has 3 heterocycles. The van der Waals surface area contributed by atoms with Gasteiger partial charge >= 0.3 is 0 Å². The fraction of sp³-hybridized carbons (Fsp3) is 0.500. The van der Waals surface area contributed by atoms with Crippen LogP contribution in [0.2, 0.25) is 0 Å². The summed E-state index contributed by atoms with van der Waals surface area (Å²) in [5.41, 5.74) is 1.41. The Labute approximate surface area is 170 Å². The molecule has 1 aromatic carbocycles. The van der Waals surface area contributed by atoms with E-state index >= 15 is 0 Å². The second kappa shape index (κ2) is 7.46. The molecule has 1 saturated heterocycles. The maximum absolute atomic E-state index is 13.4. The number of ether oxygens (including phenoxy) is 1. The van der Waals surface area contributed by atoms with Crippen molar-refractivity contribution in [2.75, 3.05) is 24.6 Å². The number of carbonyl (C=O) groups is 1. The Morgan fingerprint density at radius 2 is 2.03 bits per heavy atom. The smallest absolute Gasteiger partial charge is 0.243 e. The van der Waals surface area contributed by atoms with Crippen LogP contribution < -0.4 is 9.64 Å². The zero-order valence-corrected chi connectivity index (χ0v) is 17.6. The fourth-order valence-electron chi connectivity index (χ4n) is 3.87. The molecule has 0 bridgehead atoms. The van der Waals surface area contributed by atoms with Gasteiger partial charge in [-0.2, -0.15) is 4.31 Å². The average Bonchev–Trinajstić information content (AvgIpc) is 3.36. The van der Waals surface area contributed by atoms with Gasteiger partial charge in [0.05, 0.1) is 28.9 Å². The summed E-state index contributed by atoms with van der Waals surface area (Å²) in [6.45, 7) is 6.72. The van der Waals surface area contributed by atoms with Crippen molar-refractivity contribution < 1.29 is 22.5 Å². The standard InChI is InChI=1S/C20H25N3O5S/c1-13(2)16-12-20(28-21-16)18-5-4-8-23(18)29(25,26)15-6-7-17-19(11-15)27-10-9-22(17)14(3)24/h6-7,11-13,18H,4-5,8-10H2,1-3H3. The van der Waals surface area contributed by atoms with Gasteiger partial charge < -0.3 is 14.2 Å². The molecule has 2 aromatic rings. The van der Waals surface area contributed by atoms with Gasteiger partial charge in [0.25, 0.3) is 0 Å². The van der Waals surface area contributed by atoms with E-state index in [2.05, 4.69) is 5.16 Å². The lowest BCUT2D eigenvalue weighted by Gasteiger charge is -2.29. The predicted octanol–water partition coefficient (Wildman–Crippen LogP) is 3.07. The maximum atomic E-state index is 13.4. The molecule has 29 heavy (non-hydrogen) atoms. The van der Waals surface area contributed by atoms with Gasteiger partial charge in [0.15, 0.2) is 5.76 Å². The van der Waals surface area contributed by atoms with Crippen LogP contribution in [0.5, 0.6) is 5.75 Å². The van der Waals surface area contributed by atoms with Gasteiger partial charge in [-0.1, -0.05) is 19.0 Å². The Morgan fingerprint density at radius 3 is 2.72 bits per heavy atom. The van der Waals surface area contributed by atoms with E-state index in [1.165, 1.54) is 23.4 Å². The van der Waals surface area contributed by atoms with Crippen LogP contribution in [-0.2, 0) is 14.8 Å². The summed E-state index contributed by atoms with van der Waals surface area (Å²) < 4.78 is 39.4. The van der Waals surface area contributed by atoms with Crippen molar-refractivity contribution in [3.8, 4) is 5.75 Å². The van der Waals surface area contributed by atoms with Crippen LogP contribution in [0.1, 0.15) is 57.0 Å². The number of hydrogen-bond donors (Lipinski definition) is 0. The van der Waals surface area contributed by atoms with E-state index in [9.17, 15) is 13.2 Å². The minimum absolute atomic E-state index is 0.101. The van der Waals surface area contributed by atoms with Gasteiger partial charge in [-0.15, -0.1) is 0 Å². The third-order valence-corrected chi connectivity index (χ3v) is 7.36. The Kier molecular flexibility index (Phi) is 5.12. The van der Waals surface area contributed by atoms with E-state index in [4.69, 9.17) is 9.26 Å². The molecule has 0 N–H and O–H groups in total. The van der Waals surface area contributed by atoms with Crippen LogP contribution in [0, 0.1) is 0 Å². The van der Waals surface area contributed by atoms with Crippen LogP contribution in [0.3, 0.4) is 0 Å². The molecule has 1 fully saturated rings. The zero-order chi connectivity index (χ0) is 20.8. The van der Waals surface area contributed by atoms with Gasteiger partial charge in [-0.25, -0.2) is 8.42 Å². The van der Waals surface area contributed by atoms with Crippen molar-refractivity contribution in [3.63, 3.8) is 0 Å². The van der Waals surface area contributed by atoms with Crippen LogP contribution >= 0.6 is 0 Å². The number of aromatic nitrogens is 1. The normalized spacial score (nSPS) is 20.0. The molecule has 9 heteroatoms. The SMILES string of the molecule is CC(=O)N1CCOc2cc(S(=O)(=O)N3CCCC3c3cc(C(C)C)no3)ccc21. The Morgan fingerprint density at radius 1 is 1.24 bits per heavy atom. The van der Waals surface area contributed by atoms with Crippen molar-refractivity contribution >= 4 is 21.6 Å². The van der Waals surface area contributed by atoms with Crippen LogP contribution in [0.4, 0.5) is 5.69 Å². The number of anilines is 1. The predicted molar refractivity (Wildman–Crippen MR) is 106 cm³/mol. The molecule has 0 spiro atoms. The average molecular weight is 420 g/mol. The lowest BCUT2D eigenvalue weighted by atomic mass is 10.1. The summed E-state index contributed by atoms with van der Waals surface area (Å²) in [6, 6.07) is 6.16. The molecule has 1 atom stereocenters. The van der Waals surface area contributed by atoms with E-state index in [0.29, 0.717) is 43.3 Å². The molecule has 4 rings (SSSR count). The number of amides is 1. The number of fused-ring (bicyclic) bond motifs is 1. The first-order valence-corrected chi connectivity index (χ1v) is 11.3. The van der Waals surface area contributed by atoms with E-state index in [-0.39, 0.29) is 22.8 Å². The second-order valence-electron chi connectivity index (χ2n) is 7.73. The summed E-state index contributed by atoms with van der Waals surface area (Å²) >= 11 is 0. The van der Waals surface area contributed by atoms with Gasteiger partial charge in [-0.3, -0.25) is 4.79 Å². The first kappa shape index (κ1) is 19.9. The number of benzene rings is 1. The molecule has 1 unspecified atom stereocenters. The maximum Gasteiger partial charge on any atom is 0.243 e. The molecular weight excluding hydrogens is 394 g/mol. The van der Waals surface area contributed by atoms with E-state index < -0.39 is 10.0 Å². The third-order valence-electron chi connectivity index (χ3n) is 5.45. The highest BCUT2D eigenvalue weighted by Crippen LogP contribution is 2.40. The minimum atomic E-state index is -3.76. The molecule has 156 valence electrons. The van der Waals surface area contributed by atoms with Crippen molar-refractivity contribution in [2.45, 2.75) is 50.5 Å². The Bertz CT molecular complexity index is 1030. The minimum Gasteiger partial charge on any atom is -0.489 e. The molecule has 0 radical (unpaired) electrons.